The SMILES string of the molecule is Cc1cc(-c2cc(C(C)(C)C)cc(C(C)(C)C)c2)c2cc(C)[cH-]c2c1.[Li+]. The fourth-order valence-corrected chi connectivity index (χ4v) is 3.51. The molecule has 0 bridgehead atoms. The van der Waals surface area contributed by atoms with Gasteiger partial charge in [0.05, 0.1) is 0 Å². The molecular formula is C25H31Li. The Kier molecular flexibility index (Phi) is 5.64. The van der Waals surface area contributed by atoms with Gasteiger partial charge in [-0.2, -0.15) is 6.07 Å². The molecule has 0 aromatic heterocycles. The van der Waals surface area contributed by atoms with Crippen molar-refractivity contribution in [1.29, 1.82) is 0 Å². The smallest absolute Gasteiger partial charge is 0.165 e. The molecule has 0 aliphatic carbocycles. The second-order valence-corrected chi connectivity index (χ2v) is 9.65. The van der Waals surface area contributed by atoms with Crippen LogP contribution in [-0.4, -0.2) is 0 Å². The van der Waals surface area contributed by atoms with Crippen LogP contribution in [0.3, 0.4) is 0 Å². The fraction of sp³-hybridized carbons (Fsp3) is 0.400. The normalized spacial score (nSPS) is 12.3. The molecule has 132 valence electrons. The molecule has 0 radical (unpaired) electrons. The van der Waals surface area contributed by atoms with Crippen LogP contribution in [0.25, 0.3) is 21.9 Å². The summed E-state index contributed by atoms with van der Waals surface area (Å²) in [6.45, 7) is 18.2. The van der Waals surface area contributed by atoms with E-state index in [9.17, 15) is 0 Å². The van der Waals surface area contributed by atoms with Gasteiger partial charge in [-0.1, -0.05) is 83.9 Å². The van der Waals surface area contributed by atoms with Crippen LogP contribution in [0.5, 0.6) is 0 Å². The molecule has 0 fully saturated rings. The van der Waals surface area contributed by atoms with Gasteiger partial charge in [0.15, 0.2) is 0 Å². The Balaban J connectivity index is 0.00000243. The predicted octanol–water partition coefficient (Wildman–Crippen LogP) is 4.44. The minimum Gasteiger partial charge on any atom is -0.165 e. The largest absolute Gasteiger partial charge is 1.00 e. The Morgan fingerprint density at radius 3 is 1.73 bits per heavy atom. The van der Waals surface area contributed by atoms with Gasteiger partial charge in [-0.05, 0) is 34.4 Å². The maximum Gasteiger partial charge on any atom is 1.00 e. The second kappa shape index (κ2) is 6.99. The minimum atomic E-state index is 0. The second-order valence-electron chi connectivity index (χ2n) is 9.65. The van der Waals surface area contributed by atoms with Gasteiger partial charge in [0.1, 0.15) is 0 Å². The minimum absolute atomic E-state index is 0. The van der Waals surface area contributed by atoms with Crippen LogP contribution in [0, 0.1) is 13.8 Å². The first-order valence-corrected chi connectivity index (χ1v) is 9.29. The fourth-order valence-electron chi connectivity index (χ4n) is 3.51. The van der Waals surface area contributed by atoms with Crippen molar-refractivity contribution in [1.82, 2.24) is 0 Å². The molecule has 0 unspecified atom stereocenters. The zero-order chi connectivity index (χ0) is 18.6. The zero-order valence-electron chi connectivity index (χ0n) is 18.0. The van der Waals surface area contributed by atoms with Gasteiger partial charge in [0.25, 0.3) is 0 Å². The van der Waals surface area contributed by atoms with Gasteiger partial charge >= 0.3 is 18.9 Å². The standard InChI is InChI=1S/C25H31.Li/c1-16-9-18-10-17(2)12-23(22(18)11-16)19-13-20(24(3,4)5)15-21(14-19)25(6,7)8;/h9-15H,1-8H3;/q-1;+1. The van der Waals surface area contributed by atoms with Crippen molar-refractivity contribution in [2.45, 2.75) is 66.2 Å². The third kappa shape index (κ3) is 4.14. The van der Waals surface area contributed by atoms with Crippen LogP contribution in [0.1, 0.15) is 63.8 Å². The van der Waals surface area contributed by atoms with Gasteiger partial charge in [-0.25, -0.2) is 0 Å². The molecule has 0 aliphatic heterocycles. The first-order chi connectivity index (χ1) is 11.4. The summed E-state index contributed by atoms with van der Waals surface area (Å²) in [5, 5.41) is 2.72. The van der Waals surface area contributed by atoms with Crippen LogP contribution < -0.4 is 18.9 Å². The van der Waals surface area contributed by atoms with Crippen LogP contribution in [0.2, 0.25) is 0 Å². The summed E-state index contributed by atoms with van der Waals surface area (Å²) in [7, 11) is 0. The van der Waals surface area contributed by atoms with Crippen LogP contribution in [-0.2, 0) is 10.8 Å². The van der Waals surface area contributed by atoms with Crippen LogP contribution in [0.15, 0.2) is 42.5 Å². The summed E-state index contributed by atoms with van der Waals surface area (Å²) in [4.78, 5) is 0. The molecule has 0 nitrogen and oxygen atoms in total. The first kappa shape index (κ1) is 21.0. The van der Waals surface area contributed by atoms with Crippen molar-refractivity contribution >= 4 is 10.8 Å². The van der Waals surface area contributed by atoms with Gasteiger partial charge in [0.2, 0.25) is 0 Å². The number of rotatable bonds is 1. The number of benzene rings is 2. The summed E-state index contributed by atoms with van der Waals surface area (Å²) in [5.41, 5.74) is 8.47. The molecule has 0 atom stereocenters. The molecule has 3 aromatic carbocycles. The van der Waals surface area contributed by atoms with Crippen LogP contribution in [0.4, 0.5) is 0 Å². The summed E-state index contributed by atoms with van der Waals surface area (Å²) in [6.07, 6.45) is 0. The molecule has 3 rings (SSSR count). The average Bonchev–Trinajstić information content (AvgIpc) is 2.84. The number of fused-ring (bicyclic) bond motifs is 1. The number of hydrogen-bond donors (Lipinski definition) is 0. The predicted molar refractivity (Wildman–Crippen MR) is 112 cm³/mol. The topological polar surface area (TPSA) is 0 Å². The van der Waals surface area contributed by atoms with E-state index in [-0.39, 0.29) is 29.7 Å². The molecular weight excluding hydrogens is 307 g/mol. The molecule has 3 aromatic rings. The van der Waals surface area contributed by atoms with E-state index >= 15 is 0 Å². The molecule has 0 spiro atoms. The van der Waals surface area contributed by atoms with Crippen molar-refractivity contribution in [2.75, 3.05) is 0 Å². The maximum absolute atomic E-state index is 2.40. The van der Waals surface area contributed by atoms with Crippen molar-refractivity contribution in [3.8, 4) is 11.1 Å². The van der Waals surface area contributed by atoms with Crippen LogP contribution >= 0.6 is 0 Å². The number of aryl methyl sites for hydroxylation is 2. The molecule has 26 heavy (non-hydrogen) atoms. The summed E-state index contributed by atoms with van der Waals surface area (Å²) in [6, 6.07) is 16.4. The average molecular weight is 338 g/mol. The van der Waals surface area contributed by atoms with E-state index in [0.29, 0.717) is 0 Å². The van der Waals surface area contributed by atoms with E-state index in [2.05, 4.69) is 97.9 Å². The Bertz CT molecular complexity index is 895. The van der Waals surface area contributed by atoms with E-state index in [1.54, 1.807) is 0 Å². The third-order valence-corrected chi connectivity index (χ3v) is 5.09. The maximum atomic E-state index is 2.40. The number of hydrogen-bond acceptors (Lipinski definition) is 0. The van der Waals surface area contributed by atoms with Crippen molar-refractivity contribution < 1.29 is 18.9 Å². The van der Waals surface area contributed by atoms with E-state index in [0.717, 1.165) is 0 Å². The zero-order valence-corrected chi connectivity index (χ0v) is 18.0. The molecule has 0 heterocycles. The summed E-state index contributed by atoms with van der Waals surface area (Å²) >= 11 is 0. The van der Waals surface area contributed by atoms with Gasteiger partial charge < -0.3 is 0 Å². The van der Waals surface area contributed by atoms with E-state index < -0.39 is 0 Å². The Labute approximate surface area is 171 Å². The third-order valence-electron chi connectivity index (χ3n) is 5.09. The summed E-state index contributed by atoms with van der Waals surface area (Å²) in [5.74, 6) is 0. The van der Waals surface area contributed by atoms with Crippen molar-refractivity contribution in [3.63, 3.8) is 0 Å². The van der Waals surface area contributed by atoms with Gasteiger partial charge in [-0.15, -0.1) is 28.5 Å². The van der Waals surface area contributed by atoms with Gasteiger partial charge in [-0.3, -0.25) is 0 Å². The van der Waals surface area contributed by atoms with Crippen molar-refractivity contribution in [2.24, 2.45) is 0 Å². The molecule has 0 N–H and O–H groups in total. The van der Waals surface area contributed by atoms with Gasteiger partial charge in [0, 0.05) is 0 Å². The molecule has 0 saturated carbocycles. The molecule has 0 aliphatic rings. The quantitative estimate of drug-likeness (QED) is 0.454. The van der Waals surface area contributed by atoms with Crippen molar-refractivity contribution in [3.05, 3.63) is 64.7 Å². The molecule has 1 heteroatoms. The molecule has 0 amide bonds. The van der Waals surface area contributed by atoms with E-state index in [4.69, 9.17) is 0 Å². The Morgan fingerprint density at radius 2 is 1.23 bits per heavy atom. The first-order valence-electron chi connectivity index (χ1n) is 9.29. The summed E-state index contributed by atoms with van der Waals surface area (Å²) < 4.78 is 0. The van der Waals surface area contributed by atoms with E-state index in [1.165, 1.54) is 44.2 Å². The Hall–Kier alpha value is -1.35. The van der Waals surface area contributed by atoms with E-state index in [1.807, 2.05) is 0 Å². The molecule has 0 saturated heterocycles. The Morgan fingerprint density at radius 1 is 0.692 bits per heavy atom. The monoisotopic (exact) mass is 338 g/mol.